The van der Waals surface area contributed by atoms with Gasteiger partial charge < -0.3 is 68.6 Å². The molecule has 242 valence electrons. The monoisotopic (exact) mass is 808 g/mol. The molecule has 1 amide bonds. The Balaban J connectivity index is 0.00000600. The van der Waals surface area contributed by atoms with Gasteiger partial charge in [0.05, 0.1) is 61.4 Å². The number of amides is 1. The molecule has 2 N–H and O–H groups in total. The van der Waals surface area contributed by atoms with E-state index in [9.17, 15) is 44.4 Å². The van der Waals surface area contributed by atoms with Crippen LogP contribution in [0.5, 0.6) is 11.5 Å². The number of aryl methyl sites for hydroxylation is 1. The van der Waals surface area contributed by atoms with E-state index in [1.54, 1.807) is 25.1 Å². The van der Waals surface area contributed by atoms with Crippen LogP contribution in [0, 0.1) is 6.92 Å². The standard InChI is InChI=1S/C29H28N4O12S.4K/c1-15-2-4-19(32(11-22(34)35)12-23(36)37)21(8-15)43-6-7-44-27-20(33(13-24(38)39)14-25(40)41)5-3-16-9-17(45-26(16)27)10-18-28(42)31-29(46)30-18;;;;/h2-5,8-10H,6-7,11-14H2,1H3,(H,34,35)(H,36,37)(H,38,39)(H,40,41)(H2,30,31,42,46);;;;/q;4*+1/p-4/b18-10-;;;;. The molecule has 3 aromatic rings. The fraction of sp³-hybridized carbons (Fsp3) is 0.241. The molecule has 1 aromatic heterocycles. The smallest absolute Gasteiger partial charge is 0.548 e. The quantitative estimate of drug-likeness (QED) is 0.0591. The van der Waals surface area contributed by atoms with Crippen molar-refractivity contribution < 1.29 is 264 Å². The van der Waals surface area contributed by atoms with Crippen molar-refractivity contribution in [1.29, 1.82) is 0 Å². The van der Waals surface area contributed by atoms with E-state index in [1.807, 2.05) is 0 Å². The number of carbonyl (C=O) groups excluding carboxylic acids is 5. The van der Waals surface area contributed by atoms with Crippen molar-refractivity contribution in [1.82, 2.24) is 10.6 Å². The van der Waals surface area contributed by atoms with Crippen molar-refractivity contribution in [3.05, 3.63) is 53.4 Å². The first-order valence-corrected chi connectivity index (χ1v) is 13.8. The largest absolute Gasteiger partial charge is 1.00 e. The molecular weight excluding hydrogens is 785 g/mol. The van der Waals surface area contributed by atoms with Crippen LogP contribution in [-0.2, 0) is 24.0 Å². The number of nitrogens with zero attached hydrogens (tertiary/aromatic N) is 2. The number of hydrogen-bond acceptors (Lipinski definition) is 15. The number of anilines is 2. The molecule has 2 aromatic carbocycles. The van der Waals surface area contributed by atoms with Gasteiger partial charge in [0.1, 0.15) is 30.4 Å². The van der Waals surface area contributed by atoms with E-state index in [0.717, 1.165) is 9.80 Å². The van der Waals surface area contributed by atoms with Gasteiger partial charge in [-0.2, -0.15) is 0 Å². The molecule has 4 rings (SSSR count). The number of fused-ring (bicyclic) bond motifs is 1. The molecule has 2 heterocycles. The second-order valence-corrected chi connectivity index (χ2v) is 10.2. The number of aliphatic carboxylic acids is 4. The molecule has 0 radical (unpaired) electrons. The number of benzene rings is 2. The zero-order valence-corrected chi connectivity index (χ0v) is 41.3. The summed E-state index contributed by atoms with van der Waals surface area (Å²) in [4.78, 5) is 59.5. The number of rotatable bonds is 16. The Morgan fingerprint density at radius 1 is 0.780 bits per heavy atom. The first-order valence-electron chi connectivity index (χ1n) is 13.4. The molecule has 0 atom stereocenters. The molecule has 21 heteroatoms. The number of ether oxygens (including phenoxy) is 2. The van der Waals surface area contributed by atoms with E-state index in [2.05, 4.69) is 10.6 Å². The minimum absolute atomic E-state index is 0. The molecule has 1 saturated heterocycles. The summed E-state index contributed by atoms with van der Waals surface area (Å²) in [6.07, 6.45) is 1.37. The van der Waals surface area contributed by atoms with E-state index in [-0.39, 0.29) is 264 Å². The Morgan fingerprint density at radius 2 is 1.30 bits per heavy atom. The van der Waals surface area contributed by atoms with E-state index in [1.165, 1.54) is 24.3 Å². The maximum atomic E-state index is 12.1. The van der Waals surface area contributed by atoms with Crippen LogP contribution in [0.1, 0.15) is 11.3 Å². The number of thiocarbonyl (C=S) groups is 1. The molecule has 50 heavy (non-hydrogen) atoms. The summed E-state index contributed by atoms with van der Waals surface area (Å²) in [6, 6.07) is 9.12. The Labute approximate surface area is 461 Å². The van der Waals surface area contributed by atoms with Gasteiger partial charge in [-0.25, -0.2) is 0 Å². The van der Waals surface area contributed by atoms with Crippen LogP contribution >= 0.6 is 12.2 Å². The minimum Gasteiger partial charge on any atom is -0.548 e. The summed E-state index contributed by atoms with van der Waals surface area (Å²) < 4.78 is 17.7. The first-order chi connectivity index (χ1) is 21.8. The zero-order valence-electron chi connectivity index (χ0n) is 28.0. The van der Waals surface area contributed by atoms with Gasteiger partial charge in [0.15, 0.2) is 16.4 Å². The van der Waals surface area contributed by atoms with Crippen molar-refractivity contribution in [2.75, 3.05) is 49.2 Å². The molecule has 1 aliphatic rings. The SMILES string of the molecule is Cc1ccc(N(CC(=O)[O-])CC(=O)[O-])c(OCCOc2c(N(CC(=O)[O-])CC(=O)[O-])ccc3cc(/C=C4\NC(=S)NC4=O)oc23)c1.[K+].[K+].[K+].[K+]. The summed E-state index contributed by atoms with van der Waals surface area (Å²) in [6.45, 7) is -1.94. The molecule has 16 nitrogen and oxygen atoms in total. The van der Waals surface area contributed by atoms with Crippen molar-refractivity contribution in [2.24, 2.45) is 0 Å². The predicted molar refractivity (Wildman–Crippen MR) is 155 cm³/mol. The molecule has 0 bridgehead atoms. The third-order valence-corrected chi connectivity index (χ3v) is 6.51. The van der Waals surface area contributed by atoms with E-state index < -0.39 is 56.0 Å². The van der Waals surface area contributed by atoms with E-state index in [0.29, 0.717) is 10.9 Å². The molecule has 0 saturated carbocycles. The van der Waals surface area contributed by atoms with Crippen molar-refractivity contribution in [2.45, 2.75) is 6.92 Å². The Morgan fingerprint density at radius 3 is 1.82 bits per heavy atom. The van der Waals surface area contributed by atoms with Crippen LogP contribution in [0.3, 0.4) is 0 Å². The average molecular weight is 809 g/mol. The number of carboxylic acids is 4. The van der Waals surface area contributed by atoms with Crippen molar-refractivity contribution in [3.8, 4) is 11.5 Å². The maximum absolute atomic E-state index is 12.1. The van der Waals surface area contributed by atoms with Gasteiger partial charge in [-0.1, -0.05) is 6.07 Å². The topological polar surface area (TPSA) is 240 Å². The fourth-order valence-electron chi connectivity index (χ4n) is 4.54. The van der Waals surface area contributed by atoms with Gasteiger partial charge in [0.25, 0.3) is 5.91 Å². The fourth-order valence-corrected chi connectivity index (χ4v) is 4.74. The summed E-state index contributed by atoms with van der Waals surface area (Å²) in [5, 5.41) is 51.1. The van der Waals surface area contributed by atoms with Gasteiger partial charge in [-0.15, -0.1) is 0 Å². The van der Waals surface area contributed by atoms with Gasteiger partial charge in [0, 0.05) is 11.5 Å². The van der Waals surface area contributed by atoms with Crippen molar-refractivity contribution in [3.63, 3.8) is 0 Å². The molecule has 1 aliphatic heterocycles. The van der Waals surface area contributed by atoms with Gasteiger partial charge in [-0.05, 0) is 55.0 Å². The van der Waals surface area contributed by atoms with Crippen molar-refractivity contribution >= 4 is 75.5 Å². The third kappa shape index (κ3) is 15.1. The van der Waals surface area contributed by atoms with Gasteiger partial charge in [0.2, 0.25) is 0 Å². The van der Waals surface area contributed by atoms with Crippen LogP contribution in [0.25, 0.3) is 17.0 Å². The second-order valence-electron chi connectivity index (χ2n) is 9.82. The third-order valence-electron chi connectivity index (χ3n) is 6.31. The number of carbonyl (C=O) groups is 5. The molecular formula is C29H24K4N4O12S. The molecule has 1 fully saturated rings. The number of nitrogens with one attached hydrogen (secondary N) is 2. The summed E-state index contributed by atoms with van der Waals surface area (Å²) in [5.41, 5.74) is 0.993. The second kappa shape index (κ2) is 24.3. The normalized spacial score (nSPS) is 12.2. The van der Waals surface area contributed by atoms with Crippen LogP contribution in [0.15, 0.2) is 46.5 Å². The summed E-state index contributed by atoms with van der Waals surface area (Å²) >= 11 is 4.93. The van der Waals surface area contributed by atoms with Crippen LogP contribution in [-0.4, -0.2) is 74.3 Å². The molecule has 0 unspecified atom stereocenters. The summed E-state index contributed by atoms with van der Waals surface area (Å²) in [7, 11) is 0. The molecule has 0 spiro atoms. The number of carboxylic acid groups (broad SMARTS) is 4. The Hall–Kier alpha value is 0.705. The number of furan rings is 1. The first kappa shape index (κ1) is 50.7. The van der Waals surface area contributed by atoms with Crippen LogP contribution < -0.4 is 256 Å². The van der Waals surface area contributed by atoms with E-state index in [4.69, 9.17) is 26.1 Å². The zero-order chi connectivity index (χ0) is 33.5. The maximum Gasteiger partial charge on any atom is 1.00 e. The Bertz CT molecular complexity index is 1740. The van der Waals surface area contributed by atoms with Gasteiger partial charge in [-0.3, -0.25) is 10.1 Å². The summed E-state index contributed by atoms with van der Waals surface area (Å²) in [5.74, 6) is -6.52. The van der Waals surface area contributed by atoms with Gasteiger partial charge >= 0.3 is 206 Å². The molecule has 0 aliphatic carbocycles. The van der Waals surface area contributed by atoms with Crippen LogP contribution in [0.2, 0.25) is 0 Å². The van der Waals surface area contributed by atoms with Crippen LogP contribution in [0.4, 0.5) is 11.4 Å². The number of hydrogen-bond donors (Lipinski definition) is 2. The average Bonchev–Trinajstić information content (AvgIpc) is 3.50. The predicted octanol–water partition coefficient (Wildman–Crippen LogP) is -15.8. The Kier molecular flexibility index (Phi) is 24.6. The minimum atomic E-state index is -1.58. The van der Waals surface area contributed by atoms with E-state index >= 15 is 0 Å².